The van der Waals surface area contributed by atoms with Gasteiger partial charge < -0.3 is 5.32 Å². The number of hydrogen-bond acceptors (Lipinski definition) is 2. The molecule has 0 aromatic heterocycles. The van der Waals surface area contributed by atoms with Crippen molar-refractivity contribution in [3.05, 3.63) is 0 Å². The van der Waals surface area contributed by atoms with Gasteiger partial charge in [-0.15, -0.1) is 0 Å². The van der Waals surface area contributed by atoms with Crippen LogP contribution in [0.2, 0.25) is 0 Å². The monoisotopic (exact) mass is 252 g/mol. The van der Waals surface area contributed by atoms with Crippen LogP contribution >= 0.6 is 0 Å². The Morgan fingerprint density at radius 3 is 2.65 bits per heavy atom. The van der Waals surface area contributed by atoms with Crippen LogP contribution < -0.4 is 5.32 Å². The van der Waals surface area contributed by atoms with Gasteiger partial charge in [0.1, 0.15) is 0 Å². The topological polar surface area (TPSA) is 15.3 Å². The molecule has 0 spiro atoms. The molecule has 2 nitrogen and oxygen atoms in total. The molecule has 1 N–H and O–H groups in total. The Labute approximate surface area is 102 Å². The molecule has 5 heteroatoms. The van der Waals surface area contributed by atoms with Crippen molar-refractivity contribution in [1.82, 2.24) is 10.2 Å². The van der Waals surface area contributed by atoms with Crippen LogP contribution in [-0.4, -0.2) is 43.3 Å². The van der Waals surface area contributed by atoms with Crippen LogP contribution in [-0.2, 0) is 0 Å². The number of nitrogens with zero attached hydrogens (tertiary/aromatic N) is 1. The maximum Gasteiger partial charge on any atom is 0.401 e. The maximum atomic E-state index is 12.0. The van der Waals surface area contributed by atoms with Crippen molar-refractivity contribution in [1.29, 1.82) is 0 Å². The molecule has 102 valence electrons. The molecule has 17 heavy (non-hydrogen) atoms. The van der Waals surface area contributed by atoms with Crippen molar-refractivity contribution < 1.29 is 13.2 Å². The van der Waals surface area contributed by atoms with E-state index in [1.807, 2.05) is 0 Å². The number of likely N-dealkylation sites (tertiary alicyclic amines) is 1. The fraction of sp³-hybridized carbons (Fsp3) is 1.00. The highest BCUT2D eigenvalue weighted by Crippen LogP contribution is 2.18. The molecule has 1 atom stereocenters. The van der Waals surface area contributed by atoms with Crippen LogP contribution in [0.3, 0.4) is 0 Å². The van der Waals surface area contributed by atoms with E-state index in [1.54, 1.807) is 0 Å². The minimum absolute atomic E-state index is 0.427. The fourth-order valence-corrected chi connectivity index (χ4v) is 2.45. The first kappa shape index (κ1) is 14.8. The van der Waals surface area contributed by atoms with Crippen molar-refractivity contribution in [2.75, 3.05) is 26.2 Å². The summed E-state index contributed by atoms with van der Waals surface area (Å²) in [7, 11) is 0. The second-order valence-electron chi connectivity index (χ2n) is 4.74. The van der Waals surface area contributed by atoms with Crippen LogP contribution in [0.4, 0.5) is 13.2 Å². The van der Waals surface area contributed by atoms with E-state index < -0.39 is 12.7 Å². The summed E-state index contributed by atoms with van der Waals surface area (Å²) in [5.41, 5.74) is 0. The molecule has 0 radical (unpaired) electrons. The number of halogens is 3. The molecule has 1 aliphatic heterocycles. The molecule has 1 unspecified atom stereocenters. The number of rotatable bonds is 5. The van der Waals surface area contributed by atoms with Gasteiger partial charge in [-0.3, -0.25) is 4.90 Å². The van der Waals surface area contributed by atoms with E-state index in [2.05, 4.69) is 17.1 Å². The van der Waals surface area contributed by atoms with Gasteiger partial charge in [0.2, 0.25) is 0 Å². The first-order valence-electron chi connectivity index (χ1n) is 6.54. The van der Waals surface area contributed by atoms with E-state index in [0.717, 1.165) is 19.5 Å². The second-order valence-corrected chi connectivity index (χ2v) is 4.74. The molecule has 1 fully saturated rings. The van der Waals surface area contributed by atoms with Gasteiger partial charge in [-0.1, -0.05) is 19.8 Å². The van der Waals surface area contributed by atoms with E-state index in [0.29, 0.717) is 12.6 Å². The lowest BCUT2D eigenvalue weighted by atomic mass is 10.1. The third kappa shape index (κ3) is 6.27. The van der Waals surface area contributed by atoms with Gasteiger partial charge in [0.25, 0.3) is 0 Å². The Hall–Kier alpha value is -0.290. The Bertz CT molecular complexity index is 206. The lowest BCUT2D eigenvalue weighted by Gasteiger charge is -2.29. The largest absolute Gasteiger partial charge is 0.401 e. The highest BCUT2D eigenvalue weighted by atomic mass is 19.4. The molecule has 0 bridgehead atoms. The summed E-state index contributed by atoms with van der Waals surface area (Å²) < 4.78 is 35.9. The summed E-state index contributed by atoms with van der Waals surface area (Å²) in [6.45, 7) is 3.47. The number of nitrogens with one attached hydrogen (secondary N) is 1. The summed E-state index contributed by atoms with van der Waals surface area (Å²) in [6, 6.07) is 0.560. The number of hydrogen-bond donors (Lipinski definition) is 1. The zero-order valence-corrected chi connectivity index (χ0v) is 10.5. The van der Waals surface area contributed by atoms with E-state index in [9.17, 15) is 13.2 Å². The highest BCUT2D eigenvalue weighted by molar-refractivity contribution is 4.75. The molecule has 0 saturated carbocycles. The molecule has 0 aromatic carbocycles. The molecule has 1 saturated heterocycles. The summed E-state index contributed by atoms with van der Waals surface area (Å²) in [4.78, 5) is 2.34. The van der Waals surface area contributed by atoms with Gasteiger partial charge in [0, 0.05) is 19.1 Å². The Morgan fingerprint density at radius 2 is 2.00 bits per heavy atom. The lowest BCUT2D eigenvalue weighted by molar-refractivity contribution is -0.124. The Balaban J connectivity index is 2.23. The Morgan fingerprint density at radius 1 is 1.24 bits per heavy atom. The second kappa shape index (κ2) is 7.21. The van der Waals surface area contributed by atoms with Crippen molar-refractivity contribution in [2.24, 2.45) is 0 Å². The molecular weight excluding hydrogens is 229 g/mol. The minimum atomic E-state index is -4.09. The third-order valence-electron chi connectivity index (χ3n) is 3.37. The SMILES string of the molecule is CCC1CCCCCN1CCNCC(F)(F)F. The van der Waals surface area contributed by atoms with Crippen molar-refractivity contribution in [2.45, 2.75) is 51.2 Å². The number of alkyl halides is 3. The Kier molecular flexibility index (Phi) is 6.27. The average molecular weight is 252 g/mol. The minimum Gasteiger partial charge on any atom is -0.307 e. The smallest absolute Gasteiger partial charge is 0.307 e. The van der Waals surface area contributed by atoms with Gasteiger partial charge in [-0.05, 0) is 25.8 Å². The normalized spacial score (nSPS) is 23.6. The van der Waals surface area contributed by atoms with Gasteiger partial charge in [-0.2, -0.15) is 13.2 Å². The zero-order chi connectivity index (χ0) is 12.7. The van der Waals surface area contributed by atoms with E-state index in [-0.39, 0.29) is 0 Å². The molecule has 1 aliphatic rings. The standard InChI is InChI=1S/C12H23F3N2/c1-2-11-6-4-3-5-8-17(11)9-7-16-10-12(13,14)15/h11,16H,2-10H2,1H3. The fourth-order valence-electron chi connectivity index (χ4n) is 2.45. The third-order valence-corrected chi connectivity index (χ3v) is 3.37. The van der Waals surface area contributed by atoms with Gasteiger partial charge >= 0.3 is 6.18 Å². The van der Waals surface area contributed by atoms with Gasteiger partial charge in [0.15, 0.2) is 0 Å². The quantitative estimate of drug-likeness (QED) is 0.757. The molecule has 1 heterocycles. The molecular formula is C12H23F3N2. The van der Waals surface area contributed by atoms with Crippen molar-refractivity contribution in [3.63, 3.8) is 0 Å². The average Bonchev–Trinajstić information content (AvgIpc) is 2.47. The maximum absolute atomic E-state index is 12.0. The molecule has 0 aromatic rings. The van der Waals surface area contributed by atoms with Crippen LogP contribution in [0.15, 0.2) is 0 Å². The lowest BCUT2D eigenvalue weighted by Crippen LogP contribution is -2.41. The predicted molar refractivity (Wildman–Crippen MR) is 63.0 cm³/mol. The van der Waals surface area contributed by atoms with Crippen LogP contribution in [0.5, 0.6) is 0 Å². The highest BCUT2D eigenvalue weighted by Gasteiger charge is 2.26. The summed E-state index contributed by atoms with van der Waals surface area (Å²) in [5.74, 6) is 0. The van der Waals surface area contributed by atoms with Crippen LogP contribution in [0, 0.1) is 0 Å². The van der Waals surface area contributed by atoms with E-state index in [1.165, 1.54) is 25.7 Å². The first-order valence-corrected chi connectivity index (χ1v) is 6.54. The zero-order valence-electron chi connectivity index (χ0n) is 10.5. The van der Waals surface area contributed by atoms with Gasteiger partial charge in [0.05, 0.1) is 6.54 Å². The van der Waals surface area contributed by atoms with Gasteiger partial charge in [-0.25, -0.2) is 0 Å². The molecule has 1 rings (SSSR count). The summed E-state index contributed by atoms with van der Waals surface area (Å²) in [5, 5.41) is 2.47. The van der Waals surface area contributed by atoms with Crippen molar-refractivity contribution in [3.8, 4) is 0 Å². The predicted octanol–water partition coefficient (Wildman–Crippen LogP) is 2.79. The van der Waals surface area contributed by atoms with E-state index in [4.69, 9.17) is 0 Å². The van der Waals surface area contributed by atoms with Crippen molar-refractivity contribution >= 4 is 0 Å². The van der Waals surface area contributed by atoms with Crippen LogP contribution in [0.25, 0.3) is 0 Å². The molecule has 0 amide bonds. The molecule has 0 aliphatic carbocycles. The summed E-state index contributed by atoms with van der Waals surface area (Å²) in [6.07, 6.45) is 1.88. The van der Waals surface area contributed by atoms with Crippen LogP contribution in [0.1, 0.15) is 39.0 Å². The summed E-state index contributed by atoms with van der Waals surface area (Å²) >= 11 is 0. The first-order chi connectivity index (χ1) is 8.03. The van der Waals surface area contributed by atoms with E-state index >= 15 is 0 Å².